The number of hydrogen-bond donors (Lipinski definition) is 1. The topological polar surface area (TPSA) is 50.7 Å². The van der Waals surface area contributed by atoms with Crippen molar-refractivity contribution in [1.29, 1.82) is 0 Å². The number of carbonyl (C=O) groups excluding carboxylic acids is 1. The van der Waals surface area contributed by atoms with Gasteiger partial charge in [0.1, 0.15) is 5.75 Å². The van der Waals surface area contributed by atoms with E-state index in [0.717, 1.165) is 11.1 Å². The average Bonchev–Trinajstić information content (AvgIpc) is 2.74. The van der Waals surface area contributed by atoms with Crippen molar-refractivity contribution in [3.05, 3.63) is 106 Å². The molecule has 146 valence electrons. The van der Waals surface area contributed by atoms with E-state index in [1.807, 2.05) is 72.8 Å². The van der Waals surface area contributed by atoms with Crippen LogP contribution in [-0.4, -0.2) is 18.2 Å². The summed E-state index contributed by atoms with van der Waals surface area (Å²) in [4.78, 5) is 12.2. The first-order valence-corrected chi connectivity index (χ1v) is 9.60. The second-order valence-corrected chi connectivity index (χ2v) is 6.85. The largest absolute Gasteiger partial charge is 0.482 e. The molecule has 1 amide bonds. The van der Waals surface area contributed by atoms with Gasteiger partial charge in [0.15, 0.2) is 6.61 Å². The van der Waals surface area contributed by atoms with E-state index in [1.54, 1.807) is 18.2 Å². The van der Waals surface area contributed by atoms with E-state index in [0.29, 0.717) is 21.5 Å². The highest BCUT2D eigenvalue weighted by molar-refractivity contribution is 6.35. The highest BCUT2D eigenvalue weighted by atomic mass is 35.5. The lowest BCUT2D eigenvalue weighted by atomic mass is 10.1. The van der Waals surface area contributed by atoms with Crippen LogP contribution >= 0.6 is 23.2 Å². The number of hydrazone groups is 1. The molecule has 4 nitrogen and oxygen atoms in total. The predicted molar refractivity (Wildman–Crippen MR) is 119 cm³/mol. The third kappa shape index (κ3) is 6.49. The maximum atomic E-state index is 12.2. The molecule has 3 aromatic carbocycles. The summed E-state index contributed by atoms with van der Waals surface area (Å²) >= 11 is 11.9. The van der Waals surface area contributed by atoms with Gasteiger partial charge in [0.05, 0.1) is 10.7 Å². The van der Waals surface area contributed by atoms with Gasteiger partial charge in [-0.25, -0.2) is 5.43 Å². The fraction of sp³-hybridized carbons (Fsp3) is 0.0435. The Kier molecular flexibility index (Phi) is 7.45. The zero-order chi connectivity index (χ0) is 20.5. The van der Waals surface area contributed by atoms with E-state index in [9.17, 15) is 4.79 Å². The maximum absolute atomic E-state index is 12.2. The molecular weight excluding hydrogens is 407 g/mol. The fourth-order valence-corrected chi connectivity index (χ4v) is 2.90. The Labute approximate surface area is 179 Å². The monoisotopic (exact) mass is 424 g/mol. The molecule has 0 saturated carbocycles. The summed E-state index contributed by atoms with van der Waals surface area (Å²) < 4.78 is 5.43. The van der Waals surface area contributed by atoms with Gasteiger partial charge in [-0.3, -0.25) is 4.79 Å². The molecule has 0 aliphatic carbocycles. The standard InChI is InChI=1S/C23H18Cl2N2O2/c24-19-12-14-22(20(25)15-19)29-16-23(28)27-26-21(18-9-5-2-6-10-18)13-11-17-7-3-1-4-8-17/h1-15H,16H2,(H,27,28). The molecule has 0 heterocycles. The zero-order valence-electron chi connectivity index (χ0n) is 15.4. The van der Waals surface area contributed by atoms with Gasteiger partial charge in [0.25, 0.3) is 5.91 Å². The predicted octanol–water partition coefficient (Wildman–Crippen LogP) is 5.61. The molecule has 0 aromatic heterocycles. The summed E-state index contributed by atoms with van der Waals surface area (Å²) in [5.74, 6) is -0.0278. The molecule has 0 bridgehead atoms. The van der Waals surface area contributed by atoms with Crippen molar-refractivity contribution in [2.45, 2.75) is 0 Å². The van der Waals surface area contributed by atoms with Crippen LogP contribution in [-0.2, 0) is 4.79 Å². The van der Waals surface area contributed by atoms with Crippen LogP contribution in [0.2, 0.25) is 10.0 Å². The molecule has 6 heteroatoms. The normalized spacial score (nSPS) is 11.4. The lowest BCUT2D eigenvalue weighted by molar-refractivity contribution is -0.123. The highest BCUT2D eigenvalue weighted by Gasteiger charge is 2.07. The number of carbonyl (C=O) groups is 1. The second kappa shape index (κ2) is 10.5. The number of amides is 1. The van der Waals surface area contributed by atoms with E-state index >= 15 is 0 Å². The summed E-state index contributed by atoms with van der Waals surface area (Å²) in [7, 11) is 0. The van der Waals surface area contributed by atoms with Crippen molar-refractivity contribution < 1.29 is 9.53 Å². The van der Waals surface area contributed by atoms with E-state index in [1.165, 1.54) is 0 Å². The van der Waals surface area contributed by atoms with Crippen LogP contribution in [0.25, 0.3) is 6.08 Å². The third-order valence-corrected chi connectivity index (χ3v) is 4.39. The quantitative estimate of drug-likeness (QED) is 0.395. The Morgan fingerprint density at radius 3 is 2.34 bits per heavy atom. The van der Waals surface area contributed by atoms with Gasteiger partial charge in [-0.05, 0) is 29.8 Å². The molecule has 3 aromatic rings. The Hall–Kier alpha value is -3.08. The van der Waals surface area contributed by atoms with Crippen LogP contribution in [0.1, 0.15) is 11.1 Å². The maximum Gasteiger partial charge on any atom is 0.277 e. The molecule has 0 spiro atoms. The first-order valence-electron chi connectivity index (χ1n) is 8.85. The summed E-state index contributed by atoms with van der Waals surface area (Å²) in [6.07, 6.45) is 3.78. The van der Waals surface area contributed by atoms with Crippen molar-refractivity contribution in [2.24, 2.45) is 5.10 Å². The van der Waals surface area contributed by atoms with Crippen molar-refractivity contribution in [3.63, 3.8) is 0 Å². The molecule has 0 aliphatic rings. The van der Waals surface area contributed by atoms with Gasteiger partial charge in [0.2, 0.25) is 0 Å². The third-order valence-electron chi connectivity index (χ3n) is 3.86. The van der Waals surface area contributed by atoms with Gasteiger partial charge in [-0.2, -0.15) is 5.10 Å². The molecule has 1 N–H and O–H groups in total. The first-order chi connectivity index (χ1) is 14.1. The second-order valence-electron chi connectivity index (χ2n) is 6.01. The molecule has 0 aliphatic heterocycles. The Morgan fingerprint density at radius 2 is 1.66 bits per heavy atom. The molecule has 29 heavy (non-hydrogen) atoms. The number of allylic oxidation sites excluding steroid dienone is 1. The number of nitrogens with one attached hydrogen (secondary N) is 1. The minimum absolute atomic E-state index is 0.227. The Bertz CT molecular complexity index is 1020. The molecule has 0 radical (unpaired) electrons. The van der Waals surface area contributed by atoms with E-state index in [-0.39, 0.29) is 6.61 Å². The van der Waals surface area contributed by atoms with Gasteiger partial charge >= 0.3 is 0 Å². The number of ether oxygens (including phenoxy) is 1. The van der Waals surface area contributed by atoms with Crippen LogP contribution < -0.4 is 10.2 Å². The number of benzene rings is 3. The van der Waals surface area contributed by atoms with Crippen LogP contribution in [0.5, 0.6) is 5.75 Å². The SMILES string of the molecule is O=C(COc1ccc(Cl)cc1Cl)NN=C(C=Cc1ccccc1)c1ccccc1. The van der Waals surface area contributed by atoms with Crippen molar-refractivity contribution in [1.82, 2.24) is 5.43 Å². The lowest BCUT2D eigenvalue weighted by Gasteiger charge is -2.08. The van der Waals surface area contributed by atoms with Crippen LogP contribution in [0.15, 0.2) is 90.0 Å². The number of halogens is 2. The molecule has 3 rings (SSSR count). The molecular formula is C23H18Cl2N2O2. The van der Waals surface area contributed by atoms with Crippen molar-refractivity contribution in [2.75, 3.05) is 6.61 Å². The van der Waals surface area contributed by atoms with E-state index in [4.69, 9.17) is 27.9 Å². The molecule has 0 atom stereocenters. The van der Waals surface area contributed by atoms with E-state index < -0.39 is 5.91 Å². The zero-order valence-corrected chi connectivity index (χ0v) is 16.9. The number of nitrogens with zero attached hydrogens (tertiary/aromatic N) is 1. The van der Waals surface area contributed by atoms with E-state index in [2.05, 4.69) is 10.5 Å². The van der Waals surface area contributed by atoms with Crippen LogP contribution in [0, 0.1) is 0 Å². The molecule has 0 fully saturated rings. The van der Waals surface area contributed by atoms with Crippen molar-refractivity contribution in [3.8, 4) is 5.75 Å². The summed E-state index contributed by atoms with van der Waals surface area (Å²) in [5.41, 5.74) is 5.05. The van der Waals surface area contributed by atoms with Gasteiger partial charge in [-0.15, -0.1) is 0 Å². The Morgan fingerprint density at radius 1 is 0.966 bits per heavy atom. The number of hydrogen-bond acceptors (Lipinski definition) is 3. The summed E-state index contributed by atoms with van der Waals surface area (Å²) in [5, 5.41) is 5.09. The minimum Gasteiger partial charge on any atom is -0.482 e. The summed E-state index contributed by atoms with van der Waals surface area (Å²) in [6, 6.07) is 24.2. The minimum atomic E-state index is -0.405. The fourth-order valence-electron chi connectivity index (χ4n) is 2.44. The lowest BCUT2D eigenvalue weighted by Crippen LogP contribution is -2.25. The van der Waals surface area contributed by atoms with Gasteiger partial charge in [-0.1, -0.05) is 89.9 Å². The average molecular weight is 425 g/mol. The van der Waals surface area contributed by atoms with Crippen LogP contribution in [0.4, 0.5) is 0 Å². The van der Waals surface area contributed by atoms with Crippen LogP contribution in [0.3, 0.4) is 0 Å². The molecule has 0 unspecified atom stereocenters. The number of rotatable bonds is 7. The van der Waals surface area contributed by atoms with Crippen molar-refractivity contribution >= 4 is 40.9 Å². The first kappa shape index (κ1) is 20.6. The summed E-state index contributed by atoms with van der Waals surface area (Å²) in [6.45, 7) is -0.227. The van der Waals surface area contributed by atoms with Gasteiger partial charge in [0, 0.05) is 10.6 Å². The Balaban J connectivity index is 1.68. The highest BCUT2D eigenvalue weighted by Crippen LogP contribution is 2.27. The smallest absolute Gasteiger partial charge is 0.277 e. The van der Waals surface area contributed by atoms with Gasteiger partial charge < -0.3 is 4.74 Å². The molecule has 0 saturated heterocycles.